The molecule has 1 heterocycles. The lowest BCUT2D eigenvalue weighted by atomic mass is 10.0. The van der Waals surface area contributed by atoms with Crippen LogP contribution in [0.5, 0.6) is 11.5 Å². The van der Waals surface area contributed by atoms with Gasteiger partial charge in [0, 0.05) is 10.4 Å². The third-order valence-corrected chi connectivity index (χ3v) is 6.06. The van der Waals surface area contributed by atoms with Crippen LogP contribution in [0, 0.1) is 6.92 Å². The number of carbonyl (C=O) groups is 2. The highest BCUT2D eigenvalue weighted by atomic mass is 32.1. The summed E-state index contributed by atoms with van der Waals surface area (Å²) in [4.78, 5) is 27.1. The largest absolute Gasteiger partial charge is 0.493 e. The molecule has 172 valence electrons. The van der Waals surface area contributed by atoms with Crippen LogP contribution in [0.25, 0.3) is 6.08 Å². The van der Waals surface area contributed by atoms with Gasteiger partial charge in [-0.25, -0.2) is 0 Å². The summed E-state index contributed by atoms with van der Waals surface area (Å²) in [5.74, 6) is 0.508. The summed E-state index contributed by atoms with van der Waals surface area (Å²) in [6.07, 6.45) is 2.34. The maximum absolute atomic E-state index is 13.3. The molecule has 6 nitrogen and oxygen atoms in total. The van der Waals surface area contributed by atoms with E-state index in [0.717, 1.165) is 16.0 Å². The average Bonchev–Trinajstić information content (AvgIpc) is 3.34. The van der Waals surface area contributed by atoms with Gasteiger partial charge in [-0.3, -0.25) is 9.59 Å². The quantitative estimate of drug-likeness (QED) is 0.432. The summed E-state index contributed by atoms with van der Waals surface area (Å²) in [6.45, 7) is 3.85. The van der Waals surface area contributed by atoms with E-state index >= 15 is 0 Å². The maximum Gasteiger partial charge on any atom is 0.268 e. The summed E-state index contributed by atoms with van der Waals surface area (Å²) in [5.41, 5.74) is 2.42. The number of benzene rings is 2. The van der Waals surface area contributed by atoms with Gasteiger partial charge in [-0.1, -0.05) is 37.3 Å². The van der Waals surface area contributed by atoms with E-state index in [4.69, 9.17) is 9.47 Å². The molecule has 3 aromatic rings. The summed E-state index contributed by atoms with van der Waals surface area (Å²) in [5, 5.41) is 7.77. The van der Waals surface area contributed by atoms with Crippen LogP contribution in [0.1, 0.15) is 45.7 Å². The number of ether oxygens (including phenoxy) is 2. The molecular weight excluding hydrogens is 436 g/mol. The first-order chi connectivity index (χ1) is 16.0. The highest BCUT2D eigenvalue weighted by Gasteiger charge is 2.20. The zero-order valence-electron chi connectivity index (χ0n) is 19.2. The first-order valence-electron chi connectivity index (χ1n) is 10.6. The van der Waals surface area contributed by atoms with Gasteiger partial charge >= 0.3 is 0 Å². The molecule has 7 heteroatoms. The molecule has 0 saturated heterocycles. The third kappa shape index (κ3) is 6.02. The second-order valence-electron chi connectivity index (χ2n) is 7.39. The molecule has 1 atom stereocenters. The van der Waals surface area contributed by atoms with Crippen LogP contribution in [0.4, 0.5) is 0 Å². The van der Waals surface area contributed by atoms with Crippen molar-refractivity contribution < 1.29 is 19.1 Å². The first kappa shape index (κ1) is 24.1. The first-order valence-corrected chi connectivity index (χ1v) is 11.5. The molecule has 0 unspecified atom stereocenters. The lowest BCUT2D eigenvalue weighted by Crippen LogP contribution is -2.37. The summed E-state index contributed by atoms with van der Waals surface area (Å²) >= 11 is 1.49. The number of carbonyl (C=O) groups excluding carboxylic acids is 2. The van der Waals surface area contributed by atoms with E-state index < -0.39 is 0 Å². The minimum Gasteiger partial charge on any atom is -0.493 e. The zero-order chi connectivity index (χ0) is 23.8. The lowest BCUT2D eigenvalue weighted by Gasteiger charge is -2.20. The van der Waals surface area contributed by atoms with Crippen LogP contribution in [0.2, 0.25) is 0 Å². The van der Waals surface area contributed by atoms with Gasteiger partial charge in [-0.05, 0) is 60.2 Å². The molecule has 0 aliphatic carbocycles. The van der Waals surface area contributed by atoms with E-state index in [0.29, 0.717) is 23.5 Å². The molecule has 0 radical (unpaired) electrons. The molecule has 0 bridgehead atoms. The molecule has 0 saturated carbocycles. The van der Waals surface area contributed by atoms with Crippen LogP contribution in [-0.4, -0.2) is 26.0 Å². The standard InChI is InChI=1S/C26H28N2O4S/c1-5-21(18-12-13-23(31-3)24(15-18)32-4)27-26(30)22(16-19-10-8-14-33-19)28-25(29)20-11-7-6-9-17(20)2/h6-16,21H,5H2,1-4H3,(H,27,30)(H,28,29)/b22-16-/t21-/m1/s1. The molecule has 33 heavy (non-hydrogen) atoms. The number of hydrogen-bond donors (Lipinski definition) is 2. The third-order valence-electron chi connectivity index (χ3n) is 5.24. The molecule has 0 spiro atoms. The highest BCUT2D eigenvalue weighted by Crippen LogP contribution is 2.31. The predicted molar refractivity (Wildman–Crippen MR) is 132 cm³/mol. The van der Waals surface area contributed by atoms with Gasteiger partial charge in [0.1, 0.15) is 5.70 Å². The van der Waals surface area contributed by atoms with E-state index in [1.165, 1.54) is 11.3 Å². The van der Waals surface area contributed by atoms with Crippen molar-refractivity contribution in [2.24, 2.45) is 0 Å². The molecule has 0 aliphatic rings. The second kappa shape index (κ2) is 11.3. The zero-order valence-corrected chi connectivity index (χ0v) is 20.0. The van der Waals surface area contributed by atoms with Crippen molar-refractivity contribution in [2.45, 2.75) is 26.3 Å². The van der Waals surface area contributed by atoms with Crippen molar-refractivity contribution in [1.29, 1.82) is 0 Å². The maximum atomic E-state index is 13.3. The molecular formula is C26H28N2O4S. The Labute approximate surface area is 198 Å². The van der Waals surface area contributed by atoms with Gasteiger partial charge < -0.3 is 20.1 Å². The Morgan fingerprint density at radius 2 is 1.79 bits per heavy atom. The molecule has 2 aromatic carbocycles. The van der Waals surface area contributed by atoms with Crippen molar-refractivity contribution in [3.05, 3.63) is 87.2 Å². The van der Waals surface area contributed by atoms with Crippen molar-refractivity contribution in [1.82, 2.24) is 10.6 Å². The summed E-state index contributed by atoms with van der Waals surface area (Å²) in [6, 6.07) is 16.3. The van der Waals surface area contributed by atoms with Crippen molar-refractivity contribution >= 4 is 29.2 Å². The number of hydrogen-bond acceptors (Lipinski definition) is 5. The fourth-order valence-electron chi connectivity index (χ4n) is 3.42. The smallest absolute Gasteiger partial charge is 0.268 e. The van der Waals surface area contributed by atoms with Crippen LogP contribution < -0.4 is 20.1 Å². The number of nitrogens with one attached hydrogen (secondary N) is 2. The minimum absolute atomic E-state index is 0.185. The van der Waals surface area contributed by atoms with E-state index in [2.05, 4.69) is 10.6 Å². The van der Waals surface area contributed by atoms with Gasteiger partial charge in [0.15, 0.2) is 11.5 Å². The molecule has 2 amide bonds. The van der Waals surface area contributed by atoms with E-state index in [9.17, 15) is 9.59 Å². The van der Waals surface area contributed by atoms with E-state index in [1.807, 2.05) is 61.7 Å². The molecule has 1 aromatic heterocycles. The van der Waals surface area contributed by atoms with Gasteiger partial charge in [-0.15, -0.1) is 11.3 Å². The van der Waals surface area contributed by atoms with E-state index in [-0.39, 0.29) is 23.6 Å². The van der Waals surface area contributed by atoms with Crippen molar-refractivity contribution in [2.75, 3.05) is 14.2 Å². The number of methoxy groups -OCH3 is 2. The van der Waals surface area contributed by atoms with Crippen LogP contribution in [0.3, 0.4) is 0 Å². The van der Waals surface area contributed by atoms with Crippen molar-refractivity contribution in [3.63, 3.8) is 0 Å². The Morgan fingerprint density at radius 3 is 2.42 bits per heavy atom. The number of aryl methyl sites for hydroxylation is 1. The van der Waals surface area contributed by atoms with Crippen LogP contribution in [-0.2, 0) is 4.79 Å². The Balaban J connectivity index is 1.86. The fraction of sp³-hybridized carbons (Fsp3) is 0.231. The van der Waals surface area contributed by atoms with Gasteiger partial charge in [0.2, 0.25) is 0 Å². The Bertz CT molecular complexity index is 1140. The Morgan fingerprint density at radius 1 is 1.03 bits per heavy atom. The van der Waals surface area contributed by atoms with Crippen LogP contribution in [0.15, 0.2) is 65.7 Å². The van der Waals surface area contributed by atoms with Crippen LogP contribution >= 0.6 is 11.3 Å². The fourth-order valence-corrected chi connectivity index (χ4v) is 4.08. The topological polar surface area (TPSA) is 76.7 Å². The summed E-state index contributed by atoms with van der Waals surface area (Å²) in [7, 11) is 3.15. The number of thiophene rings is 1. The SMILES string of the molecule is CC[C@@H](NC(=O)/C(=C/c1cccs1)NC(=O)c1ccccc1C)c1ccc(OC)c(OC)c1. The lowest BCUT2D eigenvalue weighted by molar-refractivity contribution is -0.118. The molecule has 3 rings (SSSR count). The molecule has 0 aliphatic heterocycles. The van der Waals surface area contributed by atoms with Crippen molar-refractivity contribution in [3.8, 4) is 11.5 Å². The monoisotopic (exact) mass is 464 g/mol. The normalized spacial score (nSPS) is 12.1. The molecule has 2 N–H and O–H groups in total. The Kier molecular flexibility index (Phi) is 8.27. The summed E-state index contributed by atoms with van der Waals surface area (Å²) < 4.78 is 10.7. The number of rotatable bonds is 9. The van der Waals surface area contributed by atoms with Gasteiger partial charge in [-0.2, -0.15) is 0 Å². The predicted octanol–water partition coefficient (Wildman–Crippen LogP) is 5.11. The van der Waals surface area contributed by atoms with E-state index in [1.54, 1.807) is 32.4 Å². The minimum atomic E-state index is -0.369. The second-order valence-corrected chi connectivity index (χ2v) is 8.37. The number of amides is 2. The average molecular weight is 465 g/mol. The van der Waals surface area contributed by atoms with Gasteiger partial charge in [0.05, 0.1) is 20.3 Å². The Hall–Kier alpha value is -3.58. The molecule has 0 fully saturated rings. The van der Waals surface area contributed by atoms with Gasteiger partial charge in [0.25, 0.3) is 11.8 Å². The highest BCUT2D eigenvalue weighted by molar-refractivity contribution is 7.10.